The lowest BCUT2D eigenvalue weighted by Crippen LogP contribution is -2.59. The number of hydrogen-bond acceptors (Lipinski definition) is 3. The van der Waals surface area contributed by atoms with Crippen molar-refractivity contribution in [3.63, 3.8) is 0 Å². The van der Waals surface area contributed by atoms with Gasteiger partial charge in [-0.3, -0.25) is 5.73 Å². The molecule has 5 nitrogen and oxygen atoms in total. The molecule has 0 radical (unpaired) electrons. The highest BCUT2D eigenvalue weighted by Crippen LogP contribution is 2.23. The zero-order valence-electron chi connectivity index (χ0n) is 20.2. The van der Waals surface area contributed by atoms with Crippen LogP contribution in [0.15, 0.2) is 29.5 Å². The quantitative estimate of drug-likeness (QED) is 0.124. The lowest BCUT2D eigenvalue weighted by Gasteiger charge is -2.34. The first-order valence-electron chi connectivity index (χ1n) is 12.8. The molecule has 0 aromatic rings. The maximum atomic E-state index is 11.3. The molecule has 0 aromatic heterocycles. The summed E-state index contributed by atoms with van der Waals surface area (Å²) >= 11 is 0. The van der Waals surface area contributed by atoms with E-state index in [4.69, 9.17) is 5.73 Å². The van der Waals surface area contributed by atoms with Crippen molar-refractivity contribution in [3.05, 3.63) is 24.6 Å². The molecule has 178 valence electrons. The molecule has 2 unspecified atom stereocenters. The van der Waals surface area contributed by atoms with E-state index in [1.807, 2.05) is 13.1 Å². The van der Waals surface area contributed by atoms with Gasteiger partial charge in [0.2, 0.25) is 5.84 Å². The number of aliphatic carboxylic acids is 1. The SMILES string of the molecule is CCCCCCCCCCCC/C=C/CCCCCC1=NC=C[N+]1(CC(=O)O)C(C)N. The summed E-state index contributed by atoms with van der Waals surface area (Å²) in [6.45, 7) is 4.10. The van der Waals surface area contributed by atoms with Gasteiger partial charge >= 0.3 is 5.97 Å². The zero-order valence-corrected chi connectivity index (χ0v) is 20.2. The van der Waals surface area contributed by atoms with Crippen LogP contribution in [0, 0.1) is 0 Å². The maximum absolute atomic E-state index is 11.3. The van der Waals surface area contributed by atoms with E-state index in [0.29, 0.717) is 0 Å². The van der Waals surface area contributed by atoms with Crippen LogP contribution < -0.4 is 5.73 Å². The molecule has 0 amide bonds. The first kappa shape index (κ1) is 27.6. The summed E-state index contributed by atoms with van der Waals surface area (Å²) in [4.78, 5) is 15.7. The third kappa shape index (κ3) is 11.6. The summed E-state index contributed by atoms with van der Waals surface area (Å²) in [7, 11) is 0. The predicted octanol–water partition coefficient (Wildman–Crippen LogP) is 6.89. The minimum absolute atomic E-state index is 0.0330. The second-order valence-corrected chi connectivity index (χ2v) is 9.11. The standard InChI is InChI=1S/C26H47N3O2/c1-3-4-5-6-7-8-9-10-11-12-13-14-15-16-17-18-19-20-25-28-21-22-29(25,24(2)27)23-26(30)31/h14-15,21-22,24H,3-13,16-20,23,27H2,1-2H3/p+1/b15-14+. The second-order valence-electron chi connectivity index (χ2n) is 9.11. The largest absolute Gasteiger partial charge is 0.477 e. The van der Waals surface area contributed by atoms with Gasteiger partial charge in [-0.25, -0.2) is 14.3 Å². The van der Waals surface area contributed by atoms with E-state index in [9.17, 15) is 9.90 Å². The number of aliphatic imine (C=N–C) groups is 1. The molecule has 1 rings (SSSR count). The van der Waals surface area contributed by atoms with Crippen LogP contribution in [0.4, 0.5) is 0 Å². The predicted molar refractivity (Wildman–Crippen MR) is 132 cm³/mol. The number of carbonyl (C=O) groups is 1. The van der Waals surface area contributed by atoms with Crippen molar-refractivity contribution < 1.29 is 14.4 Å². The number of nitrogens with two attached hydrogens (primary N) is 1. The number of nitrogens with zero attached hydrogens (tertiary/aromatic N) is 2. The lowest BCUT2D eigenvalue weighted by atomic mass is 10.1. The number of unbranched alkanes of at least 4 members (excludes halogenated alkanes) is 13. The van der Waals surface area contributed by atoms with Crippen molar-refractivity contribution in [2.75, 3.05) is 6.54 Å². The molecule has 0 spiro atoms. The average Bonchev–Trinajstić information content (AvgIpc) is 3.13. The molecule has 5 heteroatoms. The Morgan fingerprint density at radius 1 is 0.968 bits per heavy atom. The highest BCUT2D eigenvalue weighted by molar-refractivity contribution is 5.81. The van der Waals surface area contributed by atoms with Gasteiger partial charge in [-0.05, 0) is 32.1 Å². The smallest absolute Gasteiger partial charge is 0.360 e. The molecule has 0 saturated heterocycles. The van der Waals surface area contributed by atoms with Crippen LogP contribution in [0.3, 0.4) is 0 Å². The van der Waals surface area contributed by atoms with E-state index in [0.717, 1.165) is 31.5 Å². The fourth-order valence-corrected chi connectivity index (χ4v) is 4.29. The summed E-state index contributed by atoms with van der Waals surface area (Å²) in [5.74, 6) is 0.0398. The molecule has 0 aliphatic carbocycles. The topological polar surface area (TPSA) is 75.7 Å². The Morgan fingerprint density at radius 2 is 1.48 bits per heavy atom. The third-order valence-electron chi connectivity index (χ3n) is 6.32. The van der Waals surface area contributed by atoms with Gasteiger partial charge in [0, 0.05) is 13.3 Å². The van der Waals surface area contributed by atoms with Gasteiger partial charge in [0.15, 0.2) is 6.54 Å². The van der Waals surface area contributed by atoms with Crippen molar-refractivity contribution in [2.45, 2.75) is 123 Å². The third-order valence-corrected chi connectivity index (χ3v) is 6.32. The molecule has 0 fully saturated rings. The molecule has 1 aliphatic heterocycles. The van der Waals surface area contributed by atoms with Crippen molar-refractivity contribution in [3.8, 4) is 0 Å². The fourth-order valence-electron chi connectivity index (χ4n) is 4.29. The van der Waals surface area contributed by atoms with Gasteiger partial charge in [0.1, 0.15) is 12.4 Å². The van der Waals surface area contributed by atoms with Crippen LogP contribution in [0.25, 0.3) is 0 Å². The molecule has 3 N–H and O–H groups in total. The minimum atomic E-state index is -0.843. The van der Waals surface area contributed by atoms with Gasteiger partial charge in [-0.2, -0.15) is 0 Å². The Hall–Kier alpha value is -1.46. The first-order chi connectivity index (χ1) is 15.0. The molecule has 0 aromatic carbocycles. The van der Waals surface area contributed by atoms with E-state index < -0.39 is 5.97 Å². The average molecular weight is 435 g/mol. The minimum Gasteiger partial charge on any atom is -0.477 e. The van der Waals surface area contributed by atoms with E-state index in [1.54, 1.807) is 6.20 Å². The van der Waals surface area contributed by atoms with Crippen molar-refractivity contribution in [1.82, 2.24) is 0 Å². The lowest BCUT2D eigenvalue weighted by molar-refractivity contribution is -0.805. The molecular weight excluding hydrogens is 386 g/mol. The number of rotatable bonds is 20. The van der Waals surface area contributed by atoms with Crippen molar-refractivity contribution >= 4 is 11.8 Å². The molecule has 31 heavy (non-hydrogen) atoms. The van der Waals surface area contributed by atoms with E-state index >= 15 is 0 Å². The van der Waals surface area contributed by atoms with Gasteiger partial charge in [0.05, 0.1) is 6.20 Å². The summed E-state index contributed by atoms with van der Waals surface area (Å²) in [5, 5.41) is 9.26. The van der Waals surface area contributed by atoms with Crippen LogP contribution in [0.5, 0.6) is 0 Å². The Kier molecular flexibility index (Phi) is 15.2. The summed E-state index contributed by atoms with van der Waals surface area (Å²) in [6, 6.07) is 0. The molecule has 1 heterocycles. The Balaban J connectivity index is 2.00. The summed E-state index contributed by atoms with van der Waals surface area (Å²) in [5.41, 5.74) is 6.11. The number of quaternary nitrogens is 1. The van der Waals surface area contributed by atoms with Gasteiger partial charge in [0.25, 0.3) is 0 Å². The maximum Gasteiger partial charge on any atom is 0.360 e. The fraction of sp³-hybridized carbons (Fsp3) is 0.769. The Labute approximate surface area is 191 Å². The van der Waals surface area contributed by atoms with E-state index in [1.165, 1.54) is 77.0 Å². The number of amidine groups is 1. The highest BCUT2D eigenvalue weighted by atomic mass is 16.4. The monoisotopic (exact) mass is 434 g/mol. The summed E-state index contributed by atoms with van der Waals surface area (Å²) < 4.78 is 0.161. The van der Waals surface area contributed by atoms with Crippen LogP contribution in [0.2, 0.25) is 0 Å². The molecular formula is C26H48N3O2+. The van der Waals surface area contributed by atoms with E-state index in [2.05, 4.69) is 24.1 Å². The number of allylic oxidation sites excluding steroid dienone is 2. The first-order valence-corrected chi connectivity index (χ1v) is 12.8. The van der Waals surface area contributed by atoms with Crippen LogP contribution in [-0.2, 0) is 4.79 Å². The van der Waals surface area contributed by atoms with Gasteiger partial charge in [-0.1, -0.05) is 83.3 Å². The van der Waals surface area contributed by atoms with Crippen LogP contribution >= 0.6 is 0 Å². The Bertz CT molecular complexity index is 569. The molecule has 0 bridgehead atoms. The molecule has 0 saturated carbocycles. The number of carboxylic acid groups (broad SMARTS) is 1. The Morgan fingerprint density at radius 3 is 2.00 bits per heavy atom. The zero-order chi connectivity index (χ0) is 22.8. The van der Waals surface area contributed by atoms with Crippen LogP contribution in [-0.4, -0.2) is 34.1 Å². The number of carboxylic acids is 1. The highest BCUT2D eigenvalue weighted by Gasteiger charge is 2.40. The van der Waals surface area contributed by atoms with Crippen LogP contribution in [0.1, 0.15) is 117 Å². The molecule has 1 aliphatic rings. The van der Waals surface area contributed by atoms with E-state index in [-0.39, 0.29) is 17.2 Å². The molecule has 2 atom stereocenters. The van der Waals surface area contributed by atoms with Gasteiger partial charge in [-0.15, -0.1) is 0 Å². The van der Waals surface area contributed by atoms with Crippen molar-refractivity contribution in [1.29, 1.82) is 0 Å². The van der Waals surface area contributed by atoms with Crippen molar-refractivity contribution in [2.24, 2.45) is 10.7 Å². The second kappa shape index (κ2) is 17.1. The number of hydrogen-bond donors (Lipinski definition) is 2. The summed E-state index contributed by atoms with van der Waals surface area (Å²) in [6.07, 6.45) is 28.3. The van der Waals surface area contributed by atoms with Gasteiger partial charge < -0.3 is 5.11 Å². The normalized spacial score (nSPS) is 19.3.